The van der Waals surface area contributed by atoms with Gasteiger partial charge in [-0.1, -0.05) is 18.2 Å². The first-order valence-electron chi connectivity index (χ1n) is 4.80. The van der Waals surface area contributed by atoms with Crippen molar-refractivity contribution >= 4 is 0 Å². The summed E-state index contributed by atoms with van der Waals surface area (Å²) in [6.07, 6.45) is 1.10. The summed E-state index contributed by atoms with van der Waals surface area (Å²) in [4.78, 5) is 0. The zero-order valence-corrected chi connectivity index (χ0v) is 7.86. The van der Waals surface area contributed by atoms with E-state index < -0.39 is 0 Å². The van der Waals surface area contributed by atoms with E-state index >= 15 is 0 Å². The van der Waals surface area contributed by atoms with E-state index in [0.717, 1.165) is 18.8 Å². The molecule has 0 radical (unpaired) electrons. The molecule has 2 heteroatoms. The van der Waals surface area contributed by atoms with E-state index in [9.17, 15) is 0 Å². The fourth-order valence-corrected chi connectivity index (χ4v) is 1.65. The van der Waals surface area contributed by atoms with Crippen LogP contribution in [0.15, 0.2) is 24.3 Å². The minimum atomic E-state index is 0.349. The second-order valence-electron chi connectivity index (χ2n) is 3.48. The van der Waals surface area contributed by atoms with Crippen LogP contribution in [0.25, 0.3) is 0 Å². The third-order valence-electron chi connectivity index (χ3n) is 2.46. The Morgan fingerprint density at radius 1 is 1.46 bits per heavy atom. The molecule has 0 aromatic heterocycles. The summed E-state index contributed by atoms with van der Waals surface area (Å²) in [5.74, 6) is 1.53. The molecule has 0 bridgehead atoms. The second kappa shape index (κ2) is 3.38. The molecule has 1 aromatic rings. The van der Waals surface area contributed by atoms with E-state index in [4.69, 9.17) is 10.5 Å². The lowest BCUT2D eigenvalue weighted by Gasteiger charge is -2.08. The van der Waals surface area contributed by atoms with Crippen LogP contribution in [0.2, 0.25) is 0 Å². The number of para-hydroxylation sites is 1. The standard InChI is InChI=1S/C11H15NO/c1-2-13-11-6-4-3-5-8(11)9-7-10(9)12/h3-6,9-10H,2,7,12H2,1H3/t9-,10+/m1/s1. The number of hydrogen-bond acceptors (Lipinski definition) is 2. The minimum absolute atomic E-state index is 0.349. The number of nitrogens with two attached hydrogens (primary N) is 1. The topological polar surface area (TPSA) is 35.2 Å². The Balaban J connectivity index is 2.22. The summed E-state index contributed by atoms with van der Waals surface area (Å²) in [6.45, 7) is 2.72. The van der Waals surface area contributed by atoms with E-state index in [-0.39, 0.29) is 0 Å². The first kappa shape index (κ1) is 8.57. The van der Waals surface area contributed by atoms with Crippen molar-refractivity contribution in [3.8, 4) is 5.75 Å². The smallest absolute Gasteiger partial charge is 0.122 e. The molecular weight excluding hydrogens is 162 g/mol. The van der Waals surface area contributed by atoms with Crippen LogP contribution >= 0.6 is 0 Å². The molecular formula is C11H15NO. The van der Waals surface area contributed by atoms with Gasteiger partial charge < -0.3 is 10.5 Å². The highest BCUT2D eigenvalue weighted by atomic mass is 16.5. The van der Waals surface area contributed by atoms with Gasteiger partial charge in [0.15, 0.2) is 0 Å². The van der Waals surface area contributed by atoms with Crippen LogP contribution in [0.3, 0.4) is 0 Å². The molecule has 1 aliphatic carbocycles. The van der Waals surface area contributed by atoms with Crippen LogP contribution in [0.4, 0.5) is 0 Å². The molecule has 0 heterocycles. The zero-order chi connectivity index (χ0) is 9.26. The van der Waals surface area contributed by atoms with Gasteiger partial charge in [-0.25, -0.2) is 0 Å². The van der Waals surface area contributed by atoms with Crippen LogP contribution < -0.4 is 10.5 Å². The third kappa shape index (κ3) is 1.68. The molecule has 2 nitrogen and oxygen atoms in total. The Morgan fingerprint density at radius 3 is 2.77 bits per heavy atom. The molecule has 1 aliphatic rings. The van der Waals surface area contributed by atoms with Crippen LogP contribution in [0.1, 0.15) is 24.8 Å². The number of ether oxygens (including phenoxy) is 1. The summed E-state index contributed by atoms with van der Waals surface area (Å²) in [5, 5.41) is 0. The molecule has 1 aromatic carbocycles. The molecule has 70 valence electrons. The average Bonchev–Trinajstić information content (AvgIpc) is 2.84. The van der Waals surface area contributed by atoms with Gasteiger partial charge in [-0.15, -0.1) is 0 Å². The minimum Gasteiger partial charge on any atom is -0.494 e. The quantitative estimate of drug-likeness (QED) is 0.765. The van der Waals surface area contributed by atoms with Crippen LogP contribution in [-0.4, -0.2) is 12.6 Å². The molecule has 0 amide bonds. The van der Waals surface area contributed by atoms with Gasteiger partial charge in [0, 0.05) is 12.0 Å². The van der Waals surface area contributed by atoms with Gasteiger partial charge in [0.05, 0.1) is 6.61 Å². The van der Waals surface area contributed by atoms with Crippen molar-refractivity contribution in [1.29, 1.82) is 0 Å². The largest absolute Gasteiger partial charge is 0.494 e. The van der Waals surface area contributed by atoms with Gasteiger partial charge in [0.2, 0.25) is 0 Å². The molecule has 0 aliphatic heterocycles. The summed E-state index contributed by atoms with van der Waals surface area (Å²) in [5.41, 5.74) is 7.08. The highest BCUT2D eigenvalue weighted by Gasteiger charge is 2.36. The molecule has 0 spiro atoms. The number of hydrogen-bond donors (Lipinski definition) is 1. The van der Waals surface area contributed by atoms with Crippen molar-refractivity contribution in [2.75, 3.05) is 6.61 Å². The third-order valence-corrected chi connectivity index (χ3v) is 2.46. The van der Waals surface area contributed by atoms with E-state index in [2.05, 4.69) is 6.07 Å². The van der Waals surface area contributed by atoms with Crippen LogP contribution in [0, 0.1) is 0 Å². The van der Waals surface area contributed by atoms with Gasteiger partial charge in [-0.2, -0.15) is 0 Å². The molecule has 0 saturated heterocycles. The Kier molecular flexibility index (Phi) is 2.23. The molecule has 0 unspecified atom stereocenters. The highest BCUT2D eigenvalue weighted by molar-refractivity contribution is 5.40. The molecule has 1 fully saturated rings. The van der Waals surface area contributed by atoms with Gasteiger partial charge in [-0.05, 0) is 25.0 Å². The Bertz CT molecular complexity index is 298. The summed E-state index contributed by atoms with van der Waals surface area (Å²) >= 11 is 0. The maximum absolute atomic E-state index is 5.81. The van der Waals surface area contributed by atoms with E-state index in [1.54, 1.807) is 0 Å². The van der Waals surface area contributed by atoms with Crippen molar-refractivity contribution in [3.05, 3.63) is 29.8 Å². The van der Waals surface area contributed by atoms with Crippen molar-refractivity contribution in [1.82, 2.24) is 0 Å². The van der Waals surface area contributed by atoms with Gasteiger partial charge in [-0.3, -0.25) is 0 Å². The van der Waals surface area contributed by atoms with Crippen molar-refractivity contribution in [2.24, 2.45) is 5.73 Å². The Labute approximate surface area is 78.7 Å². The van der Waals surface area contributed by atoms with Crippen molar-refractivity contribution < 1.29 is 4.74 Å². The van der Waals surface area contributed by atoms with Crippen LogP contribution in [0.5, 0.6) is 5.75 Å². The Morgan fingerprint density at radius 2 is 2.15 bits per heavy atom. The molecule has 2 rings (SSSR count). The lowest BCUT2D eigenvalue weighted by Crippen LogP contribution is -2.02. The van der Waals surface area contributed by atoms with Gasteiger partial charge >= 0.3 is 0 Å². The SMILES string of the molecule is CCOc1ccccc1[C@H]1C[C@@H]1N. The summed E-state index contributed by atoms with van der Waals surface area (Å²) in [6, 6.07) is 8.53. The monoisotopic (exact) mass is 177 g/mol. The number of benzene rings is 1. The molecule has 2 N–H and O–H groups in total. The Hall–Kier alpha value is -1.02. The summed E-state index contributed by atoms with van der Waals surface area (Å²) < 4.78 is 5.53. The first-order valence-corrected chi connectivity index (χ1v) is 4.80. The normalized spacial score (nSPS) is 25.7. The van der Waals surface area contributed by atoms with Gasteiger partial charge in [0.1, 0.15) is 5.75 Å². The van der Waals surface area contributed by atoms with Crippen LogP contribution in [-0.2, 0) is 0 Å². The maximum atomic E-state index is 5.81. The first-order chi connectivity index (χ1) is 6.33. The fraction of sp³-hybridized carbons (Fsp3) is 0.455. The van der Waals surface area contributed by atoms with Crippen molar-refractivity contribution in [2.45, 2.75) is 25.3 Å². The van der Waals surface area contributed by atoms with Gasteiger partial charge in [0.25, 0.3) is 0 Å². The van der Waals surface area contributed by atoms with E-state index in [0.29, 0.717) is 12.0 Å². The highest BCUT2D eigenvalue weighted by Crippen LogP contribution is 2.43. The predicted molar refractivity (Wildman–Crippen MR) is 52.9 cm³/mol. The fourth-order valence-electron chi connectivity index (χ4n) is 1.65. The summed E-state index contributed by atoms with van der Waals surface area (Å²) in [7, 11) is 0. The predicted octanol–water partition coefficient (Wildman–Crippen LogP) is 1.90. The lowest BCUT2D eigenvalue weighted by molar-refractivity contribution is 0.336. The molecule has 13 heavy (non-hydrogen) atoms. The zero-order valence-electron chi connectivity index (χ0n) is 7.86. The lowest BCUT2D eigenvalue weighted by atomic mass is 10.1. The maximum Gasteiger partial charge on any atom is 0.122 e. The second-order valence-corrected chi connectivity index (χ2v) is 3.48. The average molecular weight is 177 g/mol. The number of rotatable bonds is 3. The van der Waals surface area contributed by atoms with Crippen molar-refractivity contribution in [3.63, 3.8) is 0 Å². The van der Waals surface area contributed by atoms with E-state index in [1.165, 1.54) is 5.56 Å². The van der Waals surface area contributed by atoms with E-state index in [1.807, 2.05) is 25.1 Å². The molecule has 2 atom stereocenters. The molecule has 1 saturated carbocycles.